The summed E-state index contributed by atoms with van der Waals surface area (Å²) < 4.78 is 5.10. The van der Waals surface area contributed by atoms with E-state index in [0.717, 1.165) is 5.69 Å². The van der Waals surface area contributed by atoms with E-state index in [0.29, 0.717) is 23.6 Å². The van der Waals surface area contributed by atoms with Crippen molar-refractivity contribution in [3.63, 3.8) is 0 Å². The molecule has 0 aliphatic carbocycles. The fraction of sp³-hybridized carbons (Fsp3) is 0.267. The Morgan fingerprint density at radius 1 is 1.33 bits per heavy atom. The topological polar surface area (TPSA) is 74.5 Å². The van der Waals surface area contributed by atoms with Crippen LogP contribution in [0.15, 0.2) is 41.0 Å². The van der Waals surface area contributed by atoms with E-state index in [4.69, 9.17) is 16.0 Å². The lowest BCUT2D eigenvalue weighted by molar-refractivity contribution is 0.102. The summed E-state index contributed by atoms with van der Waals surface area (Å²) in [6.07, 6.45) is 0.837. The summed E-state index contributed by atoms with van der Waals surface area (Å²) in [5.74, 6) is 0.660. The van der Waals surface area contributed by atoms with Crippen molar-refractivity contribution in [3.8, 4) is 0 Å². The van der Waals surface area contributed by atoms with Gasteiger partial charge in [-0.2, -0.15) is 0 Å². The summed E-state index contributed by atoms with van der Waals surface area (Å²) in [4.78, 5) is 11.9. The SMILES string of the molecule is Cc1cc(C(=O)Nc2ccc(NCC(O)CCl)cc2)co1. The van der Waals surface area contributed by atoms with Gasteiger partial charge in [-0.15, -0.1) is 11.6 Å². The Hall–Kier alpha value is -1.98. The number of halogens is 1. The minimum absolute atomic E-state index is 0.186. The van der Waals surface area contributed by atoms with Crippen molar-refractivity contribution >= 4 is 28.9 Å². The van der Waals surface area contributed by atoms with E-state index in [9.17, 15) is 9.90 Å². The molecule has 112 valence electrons. The number of rotatable bonds is 6. The van der Waals surface area contributed by atoms with Crippen molar-refractivity contribution in [3.05, 3.63) is 47.9 Å². The smallest absolute Gasteiger partial charge is 0.258 e. The molecule has 0 spiro atoms. The van der Waals surface area contributed by atoms with Crippen LogP contribution in [0.3, 0.4) is 0 Å². The van der Waals surface area contributed by atoms with Crippen molar-refractivity contribution in [2.75, 3.05) is 23.1 Å². The van der Waals surface area contributed by atoms with Crippen LogP contribution < -0.4 is 10.6 Å². The summed E-state index contributed by atoms with van der Waals surface area (Å²) >= 11 is 5.52. The Morgan fingerprint density at radius 3 is 2.57 bits per heavy atom. The number of alkyl halides is 1. The lowest BCUT2D eigenvalue weighted by Crippen LogP contribution is -2.20. The molecule has 6 heteroatoms. The second-order valence-corrected chi connectivity index (χ2v) is 4.98. The van der Waals surface area contributed by atoms with Gasteiger partial charge < -0.3 is 20.2 Å². The number of aliphatic hydroxyl groups excluding tert-OH is 1. The van der Waals surface area contributed by atoms with Gasteiger partial charge in [0.15, 0.2) is 0 Å². The maximum atomic E-state index is 11.9. The summed E-state index contributed by atoms with van der Waals surface area (Å²) in [6, 6.07) is 8.87. The zero-order valence-corrected chi connectivity index (χ0v) is 12.4. The Balaban J connectivity index is 1.91. The molecule has 2 aromatic rings. The molecule has 0 aliphatic rings. The third-order valence-corrected chi connectivity index (χ3v) is 3.21. The van der Waals surface area contributed by atoms with Crippen molar-refractivity contribution in [2.24, 2.45) is 0 Å². The molecule has 1 aromatic carbocycles. The normalized spacial score (nSPS) is 12.0. The van der Waals surface area contributed by atoms with Crippen LogP contribution in [0.2, 0.25) is 0 Å². The Morgan fingerprint density at radius 2 is 2.00 bits per heavy atom. The number of aliphatic hydroxyl groups is 1. The highest BCUT2D eigenvalue weighted by atomic mass is 35.5. The molecule has 0 aliphatic heterocycles. The van der Waals surface area contributed by atoms with Crippen molar-refractivity contribution in [1.82, 2.24) is 0 Å². The molecule has 0 saturated carbocycles. The van der Waals surface area contributed by atoms with Crippen LogP contribution in [0.1, 0.15) is 16.1 Å². The molecule has 1 aromatic heterocycles. The second kappa shape index (κ2) is 7.15. The van der Waals surface area contributed by atoms with Gasteiger partial charge in [0.2, 0.25) is 0 Å². The molecule has 0 radical (unpaired) electrons. The van der Waals surface area contributed by atoms with Crippen LogP contribution >= 0.6 is 11.6 Å². The predicted molar refractivity (Wildman–Crippen MR) is 83.1 cm³/mol. The molecule has 21 heavy (non-hydrogen) atoms. The highest BCUT2D eigenvalue weighted by Gasteiger charge is 2.09. The Bertz CT molecular complexity index is 595. The maximum Gasteiger partial charge on any atom is 0.258 e. The second-order valence-electron chi connectivity index (χ2n) is 4.67. The average Bonchev–Trinajstić information content (AvgIpc) is 2.93. The van der Waals surface area contributed by atoms with E-state index in [1.165, 1.54) is 6.26 Å². The predicted octanol–water partition coefficient (Wildman–Crippen LogP) is 2.85. The third kappa shape index (κ3) is 4.51. The quantitative estimate of drug-likeness (QED) is 0.717. The van der Waals surface area contributed by atoms with Crippen LogP contribution in [0.25, 0.3) is 0 Å². The first-order valence-electron chi connectivity index (χ1n) is 6.53. The molecule has 0 saturated heterocycles. The fourth-order valence-electron chi connectivity index (χ4n) is 1.73. The number of aryl methyl sites for hydroxylation is 1. The van der Waals surface area contributed by atoms with E-state index < -0.39 is 6.10 Å². The first-order valence-corrected chi connectivity index (χ1v) is 7.06. The molecular weight excluding hydrogens is 292 g/mol. The number of nitrogens with one attached hydrogen (secondary N) is 2. The van der Waals surface area contributed by atoms with Crippen LogP contribution in [0.5, 0.6) is 0 Å². The van der Waals surface area contributed by atoms with E-state index in [1.54, 1.807) is 25.1 Å². The number of carbonyl (C=O) groups is 1. The van der Waals surface area contributed by atoms with E-state index in [1.807, 2.05) is 12.1 Å². The number of anilines is 2. The largest absolute Gasteiger partial charge is 0.469 e. The minimum Gasteiger partial charge on any atom is -0.469 e. The van der Waals surface area contributed by atoms with Gasteiger partial charge in [-0.1, -0.05) is 0 Å². The fourth-order valence-corrected chi connectivity index (χ4v) is 1.84. The molecule has 0 fully saturated rings. The third-order valence-electron chi connectivity index (χ3n) is 2.86. The molecule has 0 bridgehead atoms. The molecular formula is C15H17ClN2O3. The number of hydrogen-bond acceptors (Lipinski definition) is 4. The Labute approximate surface area is 127 Å². The number of amides is 1. The first-order chi connectivity index (χ1) is 10.1. The summed E-state index contributed by atoms with van der Waals surface area (Å²) in [7, 11) is 0. The molecule has 1 atom stereocenters. The van der Waals surface area contributed by atoms with Crippen LogP contribution in [-0.4, -0.2) is 29.5 Å². The van der Waals surface area contributed by atoms with E-state index in [2.05, 4.69) is 10.6 Å². The first kappa shape index (κ1) is 15.4. The van der Waals surface area contributed by atoms with Crippen LogP contribution in [-0.2, 0) is 0 Å². The van der Waals surface area contributed by atoms with Gasteiger partial charge in [0.25, 0.3) is 5.91 Å². The van der Waals surface area contributed by atoms with Gasteiger partial charge in [0, 0.05) is 17.9 Å². The van der Waals surface area contributed by atoms with E-state index in [-0.39, 0.29) is 11.8 Å². The summed E-state index contributed by atoms with van der Waals surface area (Å²) in [5, 5.41) is 15.2. The molecule has 1 heterocycles. The molecule has 2 rings (SSSR count). The monoisotopic (exact) mass is 308 g/mol. The van der Waals surface area contributed by atoms with Crippen molar-refractivity contribution in [1.29, 1.82) is 0 Å². The highest BCUT2D eigenvalue weighted by molar-refractivity contribution is 6.18. The zero-order valence-electron chi connectivity index (χ0n) is 11.6. The Kier molecular flexibility index (Phi) is 5.25. The lowest BCUT2D eigenvalue weighted by Gasteiger charge is -2.10. The van der Waals surface area contributed by atoms with Gasteiger partial charge in [-0.25, -0.2) is 0 Å². The molecule has 1 unspecified atom stereocenters. The van der Waals surface area contributed by atoms with Gasteiger partial charge in [-0.05, 0) is 37.3 Å². The standard InChI is InChI=1S/C15H17ClN2O3/c1-10-6-11(9-21-10)15(20)18-13-4-2-12(3-5-13)17-8-14(19)7-16/h2-6,9,14,17,19H,7-8H2,1H3,(H,18,20). The minimum atomic E-state index is -0.588. The molecule has 1 amide bonds. The number of hydrogen-bond donors (Lipinski definition) is 3. The van der Waals surface area contributed by atoms with Gasteiger partial charge in [0.1, 0.15) is 12.0 Å². The number of furan rings is 1. The zero-order chi connectivity index (χ0) is 15.2. The van der Waals surface area contributed by atoms with Gasteiger partial charge in [0.05, 0.1) is 17.5 Å². The molecule has 3 N–H and O–H groups in total. The maximum absolute atomic E-state index is 11.9. The van der Waals surface area contributed by atoms with Crippen molar-refractivity contribution < 1.29 is 14.3 Å². The highest BCUT2D eigenvalue weighted by Crippen LogP contribution is 2.15. The van der Waals surface area contributed by atoms with Crippen LogP contribution in [0.4, 0.5) is 11.4 Å². The average molecular weight is 309 g/mol. The summed E-state index contributed by atoms with van der Waals surface area (Å²) in [6.45, 7) is 2.16. The van der Waals surface area contributed by atoms with Crippen LogP contribution in [0, 0.1) is 6.92 Å². The molecule has 5 nitrogen and oxygen atoms in total. The van der Waals surface area contributed by atoms with Crippen molar-refractivity contribution in [2.45, 2.75) is 13.0 Å². The summed E-state index contributed by atoms with van der Waals surface area (Å²) in [5.41, 5.74) is 2.01. The number of benzene rings is 1. The van der Waals surface area contributed by atoms with E-state index >= 15 is 0 Å². The van der Waals surface area contributed by atoms with Gasteiger partial charge in [-0.3, -0.25) is 4.79 Å². The number of carbonyl (C=O) groups excluding carboxylic acids is 1. The van der Waals surface area contributed by atoms with Gasteiger partial charge >= 0.3 is 0 Å². The lowest BCUT2D eigenvalue weighted by atomic mass is 10.2.